The van der Waals surface area contributed by atoms with Crippen LogP contribution in [0, 0.1) is 11.8 Å². The molecule has 0 radical (unpaired) electrons. The maximum Gasteiger partial charge on any atom is 0.220 e. The van der Waals surface area contributed by atoms with Crippen molar-refractivity contribution in [1.29, 1.82) is 0 Å². The summed E-state index contributed by atoms with van der Waals surface area (Å²) in [6, 6.07) is 0.0275. The first kappa shape index (κ1) is 48.6. The second-order valence-electron chi connectivity index (χ2n) is 16.3. The number of allylic oxidation sites excluding steroid dienone is 2. The molecule has 6 nitrogen and oxygen atoms in total. The molecule has 1 rings (SSSR count). The minimum absolute atomic E-state index is 0.0275. The van der Waals surface area contributed by atoms with Crippen LogP contribution in [0.15, 0.2) is 11.1 Å². The first-order valence-corrected chi connectivity index (χ1v) is 22.8. The molecule has 0 aromatic rings. The van der Waals surface area contributed by atoms with E-state index in [9.17, 15) is 9.59 Å². The Kier molecular flexibility index (Phi) is 31.9. The van der Waals surface area contributed by atoms with E-state index in [1.54, 1.807) is 7.05 Å². The van der Waals surface area contributed by atoms with Crippen LogP contribution in [0.4, 0.5) is 0 Å². The van der Waals surface area contributed by atoms with Gasteiger partial charge >= 0.3 is 0 Å². The Balaban J connectivity index is 2.63. The molecule has 0 spiro atoms. The van der Waals surface area contributed by atoms with Gasteiger partial charge in [0.2, 0.25) is 11.8 Å². The predicted octanol–water partition coefficient (Wildman–Crippen LogP) is 12.6. The molecular weight excluding hydrogens is 645 g/mol. The number of rotatable bonds is 36. The summed E-state index contributed by atoms with van der Waals surface area (Å²) in [6.07, 6.45) is 36.4. The zero-order valence-electron chi connectivity index (χ0n) is 35.6. The summed E-state index contributed by atoms with van der Waals surface area (Å²) in [5.41, 5.74) is 3.80. The molecular formula is C46H88N2O4. The van der Waals surface area contributed by atoms with E-state index < -0.39 is 0 Å². The van der Waals surface area contributed by atoms with Crippen molar-refractivity contribution in [2.24, 2.45) is 11.8 Å². The lowest BCUT2D eigenvalue weighted by Gasteiger charge is -2.35. The molecule has 2 N–H and O–H groups in total. The number of amides is 2. The standard InChI is InChI=1S/C46H88N2O4/c1-7-10-12-16-22-28-41-34-35-42(29-23-20-21-26-32-45(49)47-6)44(43(41)30-24-17-13-11-8-2)31-25-18-14-15-19-27-33-46(50)48-39(4)37-51-38-40(5)52-36-9-3/h39-42H,7-38H2,1-6H3,(H,47,49)(H,48,50). The highest BCUT2D eigenvalue weighted by Crippen LogP contribution is 2.43. The minimum atomic E-state index is 0.0275. The first-order chi connectivity index (χ1) is 25.4. The van der Waals surface area contributed by atoms with Gasteiger partial charge in [0.15, 0.2) is 0 Å². The van der Waals surface area contributed by atoms with Crippen molar-refractivity contribution in [3.63, 3.8) is 0 Å². The predicted molar refractivity (Wildman–Crippen MR) is 223 cm³/mol. The Hall–Kier alpha value is -1.40. The molecule has 0 aromatic carbocycles. The molecule has 1 aliphatic carbocycles. The average Bonchev–Trinajstić information content (AvgIpc) is 3.13. The van der Waals surface area contributed by atoms with E-state index >= 15 is 0 Å². The van der Waals surface area contributed by atoms with E-state index in [1.165, 1.54) is 148 Å². The van der Waals surface area contributed by atoms with E-state index in [-0.39, 0.29) is 24.0 Å². The van der Waals surface area contributed by atoms with Gasteiger partial charge in [-0.3, -0.25) is 9.59 Å². The van der Waals surface area contributed by atoms with Crippen LogP contribution < -0.4 is 10.6 Å². The number of nitrogens with one attached hydrogen (secondary N) is 2. The highest BCUT2D eigenvalue weighted by atomic mass is 16.5. The lowest BCUT2D eigenvalue weighted by atomic mass is 9.70. The summed E-state index contributed by atoms with van der Waals surface area (Å²) >= 11 is 0. The third-order valence-electron chi connectivity index (χ3n) is 11.3. The number of hydrogen-bond acceptors (Lipinski definition) is 4. The molecule has 4 unspecified atom stereocenters. The molecule has 0 aromatic heterocycles. The van der Waals surface area contributed by atoms with Gasteiger partial charge in [0.05, 0.1) is 19.3 Å². The number of carbonyl (C=O) groups is 2. The van der Waals surface area contributed by atoms with Gasteiger partial charge in [-0.25, -0.2) is 0 Å². The first-order valence-electron chi connectivity index (χ1n) is 22.8. The maximum atomic E-state index is 12.5. The fraction of sp³-hybridized carbons (Fsp3) is 0.913. The molecule has 0 bridgehead atoms. The Labute approximate surface area is 323 Å². The van der Waals surface area contributed by atoms with Gasteiger partial charge in [-0.1, -0.05) is 135 Å². The highest BCUT2D eigenvalue weighted by Gasteiger charge is 2.28. The van der Waals surface area contributed by atoms with Crippen molar-refractivity contribution < 1.29 is 19.1 Å². The van der Waals surface area contributed by atoms with Crippen molar-refractivity contribution in [2.75, 3.05) is 26.9 Å². The highest BCUT2D eigenvalue weighted by molar-refractivity contribution is 5.76. The van der Waals surface area contributed by atoms with E-state index in [2.05, 4.69) is 31.4 Å². The summed E-state index contributed by atoms with van der Waals surface area (Å²) in [5, 5.41) is 5.87. The summed E-state index contributed by atoms with van der Waals surface area (Å²) in [7, 11) is 1.74. The van der Waals surface area contributed by atoms with Gasteiger partial charge in [0, 0.05) is 32.5 Å². The molecule has 1 aliphatic rings. The molecule has 0 heterocycles. The van der Waals surface area contributed by atoms with Crippen molar-refractivity contribution >= 4 is 11.8 Å². The average molecular weight is 733 g/mol. The Morgan fingerprint density at radius 2 is 1.06 bits per heavy atom. The number of unbranched alkanes of at least 4 members (excludes halogenated alkanes) is 16. The Morgan fingerprint density at radius 3 is 1.56 bits per heavy atom. The lowest BCUT2D eigenvalue weighted by Crippen LogP contribution is -2.36. The number of ether oxygens (including phenoxy) is 2. The van der Waals surface area contributed by atoms with Gasteiger partial charge in [-0.2, -0.15) is 0 Å². The van der Waals surface area contributed by atoms with Crippen LogP contribution in [0.3, 0.4) is 0 Å². The normalized spacial score (nSPS) is 17.3. The van der Waals surface area contributed by atoms with Gasteiger partial charge < -0.3 is 20.1 Å². The third kappa shape index (κ3) is 25.6. The summed E-state index contributed by atoms with van der Waals surface area (Å²) in [6.45, 7) is 12.7. The topological polar surface area (TPSA) is 76.7 Å². The van der Waals surface area contributed by atoms with Crippen LogP contribution in [0.1, 0.15) is 221 Å². The summed E-state index contributed by atoms with van der Waals surface area (Å²) in [5.74, 6) is 1.94. The monoisotopic (exact) mass is 733 g/mol. The summed E-state index contributed by atoms with van der Waals surface area (Å²) in [4.78, 5) is 24.1. The molecule has 4 atom stereocenters. The van der Waals surface area contributed by atoms with Crippen LogP contribution in [0.25, 0.3) is 0 Å². The van der Waals surface area contributed by atoms with Gasteiger partial charge in [-0.15, -0.1) is 0 Å². The van der Waals surface area contributed by atoms with E-state index in [0.717, 1.165) is 44.1 Å². The molecule has 0 fully saturated rings. The fourth-order valence-electron chi connectivity index (χ4n) is 8.18. The SMILES string of the molecule is CCCCCCCC1=C(CCCCCCCCC(=O)NC(C)COCC(C)OCCC)C(CCCCCCC(=O)NC)CCC1CCCCCCC. The Morgan fingerprint density at radius 1 is 0.596 bits per heavy atom. The van der Waals surface area contributed by atoms with Crippen LogP contribution in [0.2, 0.25) is 0 Å². The van der Waals surface area contributed by atoms with Crippen molar-refractivity contribution in [3.8, 4) is 0 Å². The van der Waals surface area contributed by atoms with E-state index in [4.69, 9.17) is 9.47 Å². The quantitative estimate of drug-likeness (QED) is 0.0497. The number of hydrogen-bond donors (Lipinski definition) is 2. The molecule has 6 heteroatoms. The molecule has 2 amide bonds. The summed E-state index contributed by atoms with van der Waals surface area (Å²) < 4.78 is 11.4. The second kappa shape index (κ2) is 34.1. The van der Waals surface area contributed by atoms with Crippen molar-refractivity contribution in [1.82, 2.24) is 10.6 Å². The van der Waals surface area contributed by atoms with E-state index in [0.29, 0.717) is 26.1 Å². The largest absolute Gasteiger partial charge is 0.377 e. The van der Waals surface area contributed by atoms with Crippen LogP contribution >= 0.6 is 0 Å². The fourth-order valence-corrected chi connectivity index (χ4v) is 8.18. The molecule has 0 saturated carbocycles. The van der Waals surface area contributed by atoms with Gasteiger partial charge in [-0.05, 0) is 96.3 Å². The van der Waals surface area contributed by atoms with Crippen LogP contribution in [-0.2, 0) is 19.1 Å². The molecule has 0 saturated heterocycles. The third-order valence-corrected chi connectivity index (χ3v) is 11.3. The smallest absolute Gasteiger partial charge is 0.220 e. The lowest BCUT2D eigenvalue weighted by molar-refractivity contribution is -0.122. The van der Waals surface area contributed by atoms with Crippen molar-refractivity contribution in [3.05, 3.63) is 11.1 Å². The van der Waals surface area contributed by atoms with Crippen LogP contribution in [-0.4, -0.2) is 50.8 Å². The molecule has 52 heavy (non-hydrogen) atoms. The number of carbonyl (C=O) groups excluding carboxylic acids is 2. The Bertz CT molecular complexity index is 890. The van der Waals surface area contributed by atoms with Crippen LogP contribution in [0.5, 0.6) is 0 Å². The van der Waals surface area contributed by atoms with Gasteiger partial charge in [0.25, 0.3) is 0 Å². The minimum Gasteiger partial charge on any atom is -0.377 e. The zero-order valence-corrected chi connectivity index (χ0v) is 35.6. The second-order valence-corrected chi connectivity index (χ2v) is 16.3. The van der Waals surface area contributed by atoms with Gasteiger partial charge in [0.1, 0.15) is 0 Å². The molecule has 306 valence electrons. The van der Waals surface area contributed by atoms with Crippen molar-refractivity contribution in [2.45, 2.75) is 233 Å². The maximum absolute atomic E-state index is 12.5. The van der Waals surface area contributed by atoms with E-state index in [1.807, 2.05) is 25.0 Å². The molecule has 0 aliphatic heterocycles. The zero-order chi connectivity index (χ0) is 38.1.